The molecule has 0 bridgehead atoms. The fraction of sp³-hybridized carbons (Fsp3) is 0.250. The predicted octanol–water partition coefficient (Wildman–Crippen LogP) is 3.37. The summed E-state index contributed by atoms with van der Waals surface area (Å²) in [6, 6.07) is 14.3. The Hall–Kier alpha value is -1.37. The number of ether oxygens (including phenoxy) is 1. The topological polar surface area (TPSA) is 55.4 Å². The van der Waals surface area contributed by atoms with Crippen molar-refractivity contribution in [3.63, 3.8) is 0 Å². The number of nitrogens with one attached hydrogen (secondary N) is 1. The van der Waals surface area contributed by atoms with Gasteiger partial charge in [-0.3, -0.25) is 0 Å². The predicted molar refractivity (Wildman–Crippen MR) is 90.6 cm³/mol. The van der Waals surface area contributed by atoms with Crippen LogP contribution in [0.2, 0.25) is 0 Å². The minimum absolute atomic E-state index is 0.208. The molecule has 4 nitrogen and oxygen atoms in total. The zero-order valence-corrected chi connectivity index (χ0v) is 14.7. The molecule has 0 heterocycles. The molecule has 0 unspecified atom stereocenters. The molecule has 2 rings (SSSR count). The number of para-hydroxylation sites is 1. The lowest BCUT2D eigenvalue weighted by atomic mass is 10.2. The highest BCUT2D eigenvalue weighted by molar-refractivity contribution is 9.10. The average Bonchev–Trinajstić information content (AvgIpc) is 2.53. The Morgan fingerprint density at radius 3 is 2.41 bits per heavy atom. The number of aryl methyl sites for hydroxylation is 1. The quantitative estimate of drug-likeness (QED) is 0.745. The summed E-state index contributed by atoms with van der Waals surface area (Å²) in [6.07, 6.45) is 0.882. The molecule has 0 aromatic heterocycles. The molecule has 0 radical (unpaired) electrons. The smallest absolute Gasteiger partial charge is 0.240 e. The molecule has 2 aromatic rings. The summed E-state index contributed by atoms with van der Waals surface area (Å²) in [6.45, 7) is 2.49. The highest BCUT2D eigenvalue weighted by atomic mass is 79.9. The summed E-state index contributed by atoms with van der Waals surface area (Å²) in [5.74, 6) is 0.689. The summed E-state index contributed by atoms with van der Waals surface area (Å²) < 4.78 is 33.2. The summed E-state index contributed by atoms with van der Waals surface area (Å²) in [7, 11) is -3.49. The Labute approximate surface area is 139 Å². The van der Waals surface area contributed by atoms with Crippen LogP contribution < -0.4 is 9.46 Å². The van der Waals surface area contributed by atoms with Crippen LogP contribution in [0.25, 0.3) is 0 Å². The van der Waals surface area contributed by atoms with Crippen LogP contribution in [0.1, 0.15) is 12.5 Å². The van der Waals surface area contributed by atoms with Crippen LogP contribution in [0.15, 0.2) is 57.9 Å². The maximum absolute atomic E-state index is 12.1. The number of rotatable bonds is 7. The van der Waals surface area contributed by atoms with Crippen molar-refractivity contribution in [1.82, 2.24) is 4.72 Å². The van der Waals surface area contributed by atoms with E-state index in [4.69, 9.17) is 4.74 Å². The van der Waals surface area contributed by atoms with Crippen molar-refractivity contribution in [3.8, 4) is 5.75 Å². The molecule has 2 aromatic carbocycles. The molecule has 0 fully saturated rings. The molecule has 22 heavy (non-hydrogen) atoms. The Kier molecular flexibility index (Phi) is 5.99. The van der Waals surface area contributed by atoms with Gasteiger partial charge in [0.25, 0.3) is 0 Å². The van der Waals surface area contributed by atoms with Crippen molar-refractivity contribution in [2.75, 3.05) is 13.2 Å². The van der Waals surface area contributed by atoms with E-state index in [1.165, 1.54) is 0 Å². The van der Waals surface area contributed by atoms with E-state index in [-0.39, 0.29) is 18.0 Å². The minimum atomic E-state index is -3.49. The van der Waals surface area contributed by atoms with E-state index in [0.29, 0.717) is 5.75 Å². The van der Waals surface area contributed by atoms with E-state index >= 15 is 0 Å². The van der Waals surface area contributed by atoms with Crippen molar-refractivity contribution in [3.05, 3.63) is 58.6 Å². The Morgan fingerprint density at radius 2 is 1.77 bits per heavy atom. The molecule has 6 heteroatoms. The summed E-state index contributed by atoms with van der Waals surface area (Å²) >= 11 is 3.37. The number of benzene rings is 2. The summed E-state index contributed by atoms with van der Waals surface area (Å²) in [4.78, 5) is 0.269. The van der Waals surface area contributed by atoms with Gasteiger partial charge in [0.2, 0.25) is 10.0 Å². The van der Waals surface area contributed by atoms with Crippen LogP contribution >= 0.6 is 15.9 Å². The van der Waals surface area contributed by atoms with E-state index in [9.17, 15) is 8.42 Å². The lowest BCUT2D eigenvalue weighted by Crippen LogP contribution is -2.28. The third-order valence-corrected chi connectivity index (χ3v) is 5.26. The summed E-state index contributed by atoms with van der Waals surface area (Å²) in [5, 5.41) is 0. The van der Waals surface area contributed by atoms with Crippen molar-refractivity contribution < 1.29 is 13.2 Å². The first-order valence-electron chi connectivity index (χ1n) is 6.99. The fourth-order valence-electron chi connectivity index (χ4n) is 1.89. The van der Waals surface area contributed by atoms with Gasteiger partial charge < -0.3 is 4.74 Å². The molecule has 0 amide bonds. The van der Waals surface area contributed by atoms with E-state index in [1.54, 1.807) is 12.1 Å². The molecule has 1 N–H and O–H groups in total. The third-order valence-electron chi connectivity index (χ3n) is 3.13. The van der Waals surface area contributed by atoms with Crippen LogP contribution in [-0.2, 0) is 16.4 Å². The first-order valence-corrected chi connectivity index (χ1v) is 9.26. The SMILES string of the molecule is CCc1ccc(S(=O)(=O)NCCOc2ccccc2Br)cc1. The molecule has 0 aliphatic heterocycles. The van der Waals surface area contributed by atoms with Crippen LogP contribution in [-0.4, -0.2) is 21.6 Å². The van der Waals surface area contributed by atoms with Crippen LogP contribution in [0.3, 0.4) is 0 Å². The molecule has 0 spiro atoms. The second-order valence-electron chi connectivity index (χ2n) is 4.67. The molecular weight excluding hydrogens is 366 g/mol. The van der Waals surface area contributed by atoms with Crippen LogP contribution in [0, 0.1) is 0 Å². The van der Waals surface area contributed by atoms with E-state index in [1.807, 2.05) is 43.3 Å². The maximum atomic E-state index is 12.1. The molecule has 0 aliphatic rings. The largest absolute Gasteiger partial charge is 0.491 e. The zero-order valence-electron chi connectivity index (χ0n) is 12.3. The standard InChI is InChI=1S/C16H18BrNO3S/c1-2-13-7-9-14(10-8-13)22(19,20)18-11-12-21-16-6-4-3-5-15(16)17/h3-10,18H,2,11-12H2,1H3. The fourth-order valence-corrected chi connectivity index (χ4v) is 3.30. The molecule has 118 valence electrons. The van der Waals surface area contributed by atoms with Gasteiger partial charge in [-0.25, -0.2) is 13.1 Å². The second-order valence-corrected chi connectivity index (χ2v) is 7.30. The number of hydrogen-bond acceptors (Lipinski definition) is 3. The molecular formula is C16H18BrNO3S. The van der Waals surface area contributed by atoms with Crippen molar-refractivity contribution in [2.45, 2.75) is 18.2 Å². The van der Waals surface area contributed by atoms with Crippen LogP contribution in [0.5, 0.6) is 5.75 Å². The first kappa shape index (κ1) is 17.0. The Morgan fingerprint density at radius 1 is 1.09 bits per heavy atom. The zero-order chi connectivity index (χ0) is 16.0. The highest BCUT2D eigenvalue weighted by Crippen LogP contribution is 2.23. The maximum Gasteiger partial charge on any atom is 0.240 e. The van der Waals surface area contributed by atoms with E-state index in [2.05, 4.69) is 20.7 Å². The van der Waals surface area contributed by atoms with Crippen molar-refractivity contribution >= 4 is 26.0 Å². The third kappa shape index (κ3) is 4.56. The van der Waals surface area contributed by atoms with Gasteiger partial charge in [0.15, 0.2) is 0 Å². The van der Waals surface area contributed by atoms with Gasteiger partial charge >= 0.3 is 0 Å². The second kappa shape index (κ2) is 7.76. The monoisotopic (exact) mass is 383 g/mol. The van der Waals surface area contributed by atoms with Gasteiger partial charge in [-0.2, -0.15) is 0 Å². The highest BCUT2D eigenvalue weighted by Gasteiger charge is 2.13. The normalized spacial score (nSPS) is 11.4. The molecule has 0 atom stereocenters. The van der Waals surface area contributed by atoms with Crippen LogP contribution in [0.4, 0.5) is 0 Å². The van der Waals surface area contributed by atoms with Gasteiger partial charge in [-0.15, -0.1) is 0 Å². The van der Waals surface area contributed by atoms with Gasteiger partial charge in [0.1, 0.15) is 12.4 Å². The number of halogens is 1. The number of sulfonamides is 1. The lowest BCUT2D eigenvalue weighted by molar-refractivity contribution is 0.321. The lowest BCUT2D eigenvalue weighted by Gasteiger charge is -2.10. The Bertz CT molecular complexity index is 714. The van der Waals surface area contributed by atoms with Gasteiger partial charge in [0.05, 0.1) is 9.37 Å². The molecule has 0 saturated heterocycles. The molecule has 0 saturated carbocycles. The van der Waals surface area contributed by atoms with Crippen molar-refractivity contribution in [1.29, 1.82) is 0 Å². The first-order chi connectivity index (χ1) is 10.5. The van der Waals surface area contributed by atoms with E-state index in [0.717, 1.165) is 16.5 Å². The Balaban J connectivity index is 1.88. The van der Waals surface area contributed by atoms with Gasteiger partial charge in [0, 0.05) is 6.54 Å². The average molecular weight is 384 g/mol. The van der Waals surface area contributed by atoms with Crippen molar-refractivity contribution in [2.24, 2.45) is 0 Å². The van der Waals surface area contributed by atoms with Gasteiger partial charge in [-0.1, -0.05) is 31.2 Å². The van der Waals surface area contributed by atoms with E-state index < -0.39 is 10.0 Å². The minimum Gasteiger partial charge on any atom is -0.491 e. The number of hydrogen-bond donors (Lipinski definition) is 1. The molecule has 0 aliphatic carbocycles. The summed E-state index contributed by atoms with van der Waals surface area (Å²) in [5.41, 5.74) is 1.11. The van der Waals surface area contributed by atoms with Gasteiger partial charge in [-0.05, 0) is 52.2 Å².